The smallest absolute Gasteiger partial charge is 0.411 e. The highest BCUT2D eigenvalue weighted by Gasteiger charge is 2.43. The first kappa shape index (κ1) is 21.8. The van der Waals surface area contributed by atoms with Gasteiger partial charge in [-0.3, -0.25) is 4.90 Å². The predicted octanol–water partition coefficient (Wildman–Crippen LogP) is 2.89. The Balaban J connectivity index is 1.64. The number of carbonyl (C=O) groups is 2. The first-order valence-corrected chi connectivity index (χ1v) is 10.4. The first-order valence-electron chi connectivity index (χ1n) is 10.4. The number of methoxy groups -OCH3 is 1. The molecule has 0 spiro atoms. The fourth-order valence-electron chi connectivity index (χ4n) is 3.84. The molecular formula is C22H27N3O7. The number of carbonyl (C=O) groups excluding carboxylic acids is 1. The lowest BCUT2D eigenvalue weighted by molar-refractivity contribution is -0.142. The van der Waals surface area contributed by atoms with Crippen LogP contribution in [0.2, 0.25) is 0 Å². The van der Waals surface area contributed by atoms with Crippen molar-refractivity contribution in [3.63, 3.8) is 0 Å². The maximum absolute atomic E-state index is 12.6. The summed E-state index contributed by atoms with van der Waals surface area (Å²) in [6, 6.07) is 4.42. The van der Waals surface area contributed by atoms with E-state index in [2.05, 4.69) is 10.3 Å². The van der Waals surface area contributed by atoms with Gasteiger partial charge in [-0.15, -0.1) is 0 Å². The molecule has 1 aromatic heterocycles. The van der Waals surface area contributed by atoms with Crippen molar-refractivity contribution in [1.29, 1.82) is 0 Å². The monoisotopic (exact) mass is 445 g/mol. The molecule has 172 valence electrons. The fourth-order valence-corrected chi connectivity index (χ4v) is 3.84. The summed E-state index contributed by atoms with van der Waals surface area (Å²) in [6.45, 7) is 6.39. The van der Waals surface area contributed by atoms with E-state index in [-0.39, 0.29) is 13.0 Å². The Kier molecular flexibility index (Phi) is 5.62. The van der Waals surface area contributed by atoms with Gasteiger partial charge < -0.3 is 29.4 Å². The number of aromatic nitrogens is 1. The third-order valence-corrected chi connectivity index (χ3v) is 5.23. The summed E-state index contributed by atoms with van der Waals surface area (Å²) >= 11 is 0. The Morgan fingerprint density at radius 3 is 2.75 bits per heavy atom. The van der Waals surface area contributed by atoms with Crippen LogP contribution in [0.5, 0.6) is 17.4 Å². The quantitative estimate of drug-likeness (QED) is 0.732. The minimum Gasteiger partial charge on any atom is -0.497 e. The molecule has 1 fully saturated rings. The molecule has 2 aromatic rings. The van der Waals surface area contributed by atoms with Crippen molar-refractivity contribution in [2.75, 3.05) is 32.1 Å². The van der Waals surface area contributed by atoms with Crippen LogP contribution in [0.15, 0.2) is 18.2 Å². The Hall–Kier alpha value is -3.43. The van der Waals surface area contributed by atoms with Crippen LogP contribution in [0.25, 0.3) is 10.8 Å². The second-order valence-electron chi connectivity index (χ2n) is 8.74. The number of pyridine rings is 1. The zero-order valence-corrected chi connectivity index (χ0v) is 18.5. The molecule has 10 heteroatoms. The largest absolute Gasteiger partial charge is 0.497 e. The SMILES string of the molecule is COc1ccc2c(O[C@@H]3C[C@@H](C(=O)O)N(C(=O)OC(C)(C)C)C3)nc3c(c2c1)OCCN3. The highest BCUT2D eigenvalue weighted by molar-refractivity contribution is 5.96. The van der Waals surface area contributed by atoms with Crippen LogP contribution in [-0.4, -0.2) is 71.6 Å². The van der Waals surface area contributed by atoms with Crippen LogP contribution >= 0.6 is 0 Å². The van der Waals surface area contributed by atoms with E-state index in [0.29, 0.717) is 41.7 Å². The van der Waals surface area contributed by atoms with Crippen molar-refractivity contribution in [2.24, 2.45) is 0 Å². The van der Waals surface area contributed by atoms with E-state index in [4.69, 9.17) is 18.9 Å². The van der Waals surface area contributed by atoms with Gasteiger partial charge in [0.05, 0.1) is 20.2 Å². The number of fused-ring (bicyclic) bond motifs is 3. The third-order valence-electron chi connectivity index (χ3n) is 5.23. The molecule has 2 atom stereocenters. The number of hydrogen-bond donors (Lipinski definition) is 2. The number of anilines is 1. The average Bonchev–Trinajstić information content (AvgIpc) is 3.17. The lowest BCUT2D eigenvalue weighted by Gasteiger charge is -2.26. The van der Waals surface area contributed by atoms with E-state index in [1.165, 1.54) is 4.90 Å². The minimum absolute atomic E-state index is 0.0756. The molecule has 1 aromatic carbocycles. The maximum Gasteiger partial charge on any atom is 0.411 e. The predicted molar refractivity (Wildman–Crippen MR) is 116 cm³/mol. The number of hydrogen-bond acceptors (Lipinski definition) is 8. The molecule has 0 bridgehead atoms. The van der Waals surface area contributed by atoms with Crippen molar-refractivity contribution in [1.82, 2.24) is 9.88 Å². The Morgan fingerprint density at radius 2 is 2.06 bits per heavy atom. The molecule has 3 heterocycles. The molecule has 2 aliphatic heterocycles. The van der Waals surface area contributed by atoms with Gasteiger partial charge in [-0.2, -0.15) is 4.98 Å². The summed E-state index contributed by atoms with van der Waals surface area (Å²) in [7, 11) is 1.58. The Bertz CT molecular complexity index is 1050. The van der Waals surface area contributed by atoms with Gasteiger partial charge in [-0.1, -0.05) is 0 Å². The molecule has 2 aliphatic rings. The molecule has 0 unspecified atom stereocenters. The number of carboxylic acids is 1. The lowest BCUT2D eigenvalue weighted by Crippen LogP contribution is -2.43. The Morgan fingerprint density at radius 1 is 1.28 bits per heavy atom. The molecule has 0 saturated carbocycles. The van der Waals surface area contributed by atoms with Gasteiger partial charge in [0.25, 0.3) is 0 Å². The van der Waals surface area contributed by atoms with E-state index >= 15 is 0 Å². The normalized spacial score (nSPS) is 20.2. The van der Waals surface area contributed by atoms with Gasteiger partial charge in [0.1, 0.15) is 30.1 Å². The number of carboxylic acid groups (broad SMARTS) is 1. The fraction of sp³-hybridized carbons (Fsp3) is 0.500. The molecule has 32 heavy (non-hydrogen) atoms. The minimum atomic E-state index is -1.11. The van der Waals surface area contributed by atoms with Crippen molar-refractivity contribution in [2.45, 2.75) is 44.9 Å². The molecule has 10 nitrogen and oxygen atoms in total. The number of rotatable bonds is 4. The van der Waals surface area contributed by atoms with E-state index in [0.717, 1.165) is 5.39 Å². The van der Waals surface area contributed by atoms with Gasteiger partial charge >= 0.3 is 12.1 Å². The van der Waals surface area contributed by atoms with Gasteiger partial charge in [-0.25, -0.2) is 9.59 Å². The number of benzene rings is 1. The molecule has 0 aliphatic carbocycles. The summed E-state index contributed by atoms with van der Waals surface area (Å²) in [4.78, 5) is 30.1. The van der Waals surface area contributed by atoms with Crippen LogP contribution in [0.4, 0.5) is 10.6 Å². The Labute approximate surface area is 185 Å². The van der Waals surface area contributed by atoms with Crippen molar-refractivity contribution >= 4 is 28.7 Å². The number of nitrogens with one attached hydrogen (secondary N) is 1. The summed E-state index contributed by atoms with van der Waals surface area (Å²) in [5.74, 6) is 1.05. The zero-order chi connectivity index (χ0) is 23.0. The van der Waals surface area contributed by atoms with Gasteiger partial charge in [0.2, 0.25) is 5.88 Å². The van der Waals surface area contributed by atoms with E-state index < -0.39 is 29.8 Å². The summed E-state index contributed by atoms with van der Waals surface area (Å²) in [6.07, 6.45) is -1.13. The van der Waals surface area contributed by atoms with Gasteiger partial charge in [0.15, 0.2) is 11.6 Å². The van der Waals surface area contributed by atoms with E-state index in [9.17, 15) is 14.7 Å². The maximum atomic E-state index is 12.6. The second-order valence-corrected chi connectivity index (χ2v) is 8.74. The highest BCUT2D eigenvalue weighted by Crippen LogP contribution is 2.41. The lowest BCUT2D eigenvalue weighted by atomic mass is 10.1. The summed E-state index contributed by atoms with van der Waals surface area (Å²) < 4.78 is 22.7. The molecule has 1 amide bonds. The summed E-state index contributed by atoms with van der Waals surface area (Å²) in [5.41, 5.74) is -0.736. The number of aliphatic carboxylic acids is 1. The van der Waals surface area contributed by atoms with Crippen LogP contribution in [0.1, 0.15) is 27.2 Å². The second kappa shape index (κ2) is 8.25. The third kappa shape index (κ3) is 4.30. The average molecular weight is 445 g/mol. The van der Waals surface area contributed by atoms with Crippen molar-refractivity contribution in [3.8, 4) is 17.4 Å². The van der Waals surface area contributed by atoms with Crippen molar-refractivity contribution in [3.05, 3.63) is 18.2 Å². The van der Waals surface area contributed by atoms with Crippen LogP contribution in [-0.2, 0) is 9.53 Å². The first-order chi connectivity index (χ1) is 15.2. The summed E-state index contributed by atoms with van der Waals surface area (Å²) in [5, 5.41) is 14.3. The standard InChI is InChI=1S/C22H27N3O7/c1-22(2,3)32-21(28)25-11-13(10-16(25)20(26)27)31-19-14-6-5-12(29-4)9-15(14)17-18(24-19)23-7-8-30-17/h5-6,9,13,16H,7-8,10-11H2,1-4H3,(H,23,24)(H,26,27)/t13-,16+/m1/s1. The molecular weight excluding hydrogens is 418 g/mol. The zero-order valence-electron chi connectivity index (χ0n) is 18.5. The topological polar surface area (TPSA) is 119 Å². The molecule has 2 N–H and O–H groups in total. The molecule has 0 radical (unpaired) electrons. The molecule has 1 saturated heterocycles. The van der Waals surface area contributed by atoms with Crippen LogP contribution < -0.4 is 19.5 Å². The highest BCUT2D eigenvalue weighted by atomic mass is 16.6. The van der Waals surface area contributed by atoms with E-state index in [1.54, 1.807) is 33.9 Å². The number of likely N-dealkylation sites (tertiary alicyclic amines) is 1. The van der Waals surface area contributed by atoms with E-state index in [1.807, 2.05) is 12.1 Å². The van der Waals surface area contributed by atoms with Crippen LogP contribution in [0.3, 0.4) is 0 Å². The number of ether oxygens (including phenoxy) is 4. The van der Waals surface area contributed by atoms with Crippen LogP contribution in [0, 0.1) is 0 Å². The molecule has 4 rings (SSSR count). The number of nitrogens with zero attached hydrogens (tertiary/aromatic N) is 2. The number of amides is 1. The van der Waals surface area contributed by atoms with Crippen molar-refractivity contribution < 1.29 is 33.6 Å². The van der Waals surface area contributed by atoms with Gasteiger partial charge in [0, 0.05) is 17.2 Å². The van der Waals surface area contributed by atoms with Gasteiger partial charge in [-0.05, 0) is 39.0 Å².